The number of rotatable bonds is 4. The third-order valence-corrected chi connectivity index (χ3v) is 6.74. The van der Waals surface area contributed by atoms with Crippen molar-refractivity contribution in [1.82, 2.24) is 19.7 Å². The Bertz CT molecular complexity index is 1380. The van der Waals surface area contributed by atoms with Gasteiger partial charge in [-0.2, -0.15) is 5.10 Å². The summed E-state index contributed by atoms with van der Waals surface area (Å²) in [6, 6.07) is 12.0. The van der Waals surface area contributed by atoms with E-state index in [1.807, 2.05) is 53.4 Å². The summed E-state index contributed by atoms with van der Waals surface area (Å²) < 4.78 is 2.90. The first-order valence-electron chi connectivity index (χ1n) is 9.61. The van der Waals surface area contributed by atoms with E-state index in [-0.39, 0.29) is 11.9 Å². The highest BCUT2D eigenvalue weighted by molar-refractivity contribution is 7.22. The molecule has 8 heteroatoms. The van der Waals surface area contributed by atoms with Crippen molar-refractivity contribution in [1.29, 1.82) is 0 Å². The standard InChI is InChI=1S/C22H19N5OS2/c1-12(2)27-20-15(11-23-27)14(10-16(24-20)17-8-5-9-29-17)21(28)26-22-25-19-13(3)6-4-7-18(19)30-22/h4-12H,1-3H3,(H,25,26,28). The van der Waals surface area contributed by atoms with Crippen LogP contribution in [0.4, 0.5) is 5.13 Å². The van der Waals surface area contributed by atoms with Crippen LogP contribution in [0.3, 0.4) is 0 Å². The van der Waals surface area contributed by atoms with Gasteiger partial charge in [0.25, 0.3) is 5.91 Å². The van der Waals surface area contributed by atoms with E-state index in [0.29, 0.717) is 16.3 Å². The fourth-order valence-corrected chi connectivity index (χ4v) is 5.06. The number of hydrogen-bond acceptors (Lipinski definition) is 6. The zero-order valence-electron chi connectivity index (χ0n) is 16.7. The molecule has 4 aromatic heterocycles. The van der Waals surface area contributed by atoms with Crippen molar-refractivity contribution in [3.63, 3.8) is 0 Å². The molecule has 0 aliphatic carbocycles. The molecule has 0 fully saturated rings. The number of thiazole rings is 1. The van der Waals surface area contributed by atoms with Gasteiger partial charge in [0, 0.05) is 6.04 Å². The van der Waals surface area contributed by atoms with Crippen molar-refractivity contribution in [2.24, 2.45) is 0 Å². The lowest BCUT2D eigenvalue weighted by atomic mass is 10.1. The Kier molecular flexibility index (Phi) is 4.60. The van der Waals surface area contributed by atoms with E-state index >= 15 is 0 Å². The minimum Gasteiger partial charge on any atom is -0.298 e. The van der Waals surface area contributed by atoms with E-state index in [2.05, 4.69) is 29.2 Å². The molecular weight excluding hydrogens is 414 g/mol. The number of thiophene rings is 1. The molecule has 0 radical (unpaired) electrons. The molecule has 0 aliphatic rings. The lowest BCUT2D eigenvalue weighted by molar-refractivity contribution is 0.102. The summed E-state index contributed by atoms with van der Waals surface area (Å²) in [5.41, 5.74) is 4.04. The monoisotopic (exact) mass is 433 g/mol. The minimum atomic E-state index is -0.208. The van der Waals surface area contributed by atoms with Gasteiger partial charge in [-0.1, -0.05) is 29.5 Å². The molecule has 0 unspecified atom stereocenters. The average molecular weight is 434 g/mol. The van der Waals surface area contributed by atoms with E-state index in [1.165, 1.54) is 11.3 Å². The van der Waals surface area contributed by atoms with Crippen LogP contribution in [-0.4, -0.2) is 25.7 Å². The number of pyridine rings is 1. The number of carbonyl (C=O) groups is 1. The van der Waals surface area contributed by atoms with E-state index in [4.69, 9.17) is 4.98 Å². The number of aryl methyl sites for hydroxylation is 1. The van der Waals surface area contributed by atoms with E-state index in [9.17, 15) is 4.79 Å². The van der Waals surface area contributed by atoms with Gasteiger partial charge in [0.2, 0.25) is 0 Å². The van der Waals surface area contributed by atoms with Gasteiger partial charge in [0.15, 0.2) is 10.8 Å². The fraction of sp³-hybridized carbons (Fsp3) is 0.182. The number of amides is 1. The molecule has 1 amide bonds. The van der Waals surface area contributed by atoms with Crippen LogP contribution >= 0.6 is 22.7 Å². The second-order valence-electron chi connectivity index (χ2n) is 7.35. The maximum Gasteiger partial charge on any atom is 0.258 e. The summed E-state index contributed by atoms with van der Waals surface area (Å²) in [7, 11) is 0. The number of aromatic nitrogens is 4. The zero-order chi connectivity index (χ0) is 20.8. The Morgan fingerprint density at radius 3 is 2.77 bits per heavy atom. The number of hydrogen-bond donors (Lipinski definition) is 1. The minimum absolute atomic E-state index is 0.136. The van der Waals surface area contributed by atoms with Crippen molar-refractivity contribution in [2.75, 3.05) is 5.32 Å². The molecular formula is C22H19N5OS2. The summed E-state index contributed by atoms with van der Waals surface area (Å²) >= 11 is 3.07. The van der Waals surface area contributed by atoms with Crippen molar-refractivity contribution in [2.45, 2.75) is 26.8 Å². The first-order chi connectivity index (χ1) is 14.5. The van der Waals surface area contributed by atoms with Crippen LogP contribution in [0.25, 0.3) is 31.8 Å². The van der Waals surface area contributed by atoms with Crippen LogP contribution < -0.4 is 5.32 Å². The number of para-hydroxylation sites is 1. The Morgan fingerprint density at radius 1 is 1.17 bits per heavy atom. The van der Waals surface area contributed by atoms with Crippen molar-refractivity contribution >= 4 is 55.0 Å². The largest absolute Gasteiger partial charge is 0.298 e. The lowest BCUT2D eigenvalue weighted by Crippen LogP contribution is -2.13. The first-order valence-corrected chi connectivity index (χ1v) is 11.3. The van der Waals surface area contributed by atoms with Crippen molar-refractivity contribution in [3.8, 4) is 10.6 Å². The Hall–Kier alpha value is -3.10. The summed E-state index contributed by atoms with van der Waals surface area (Å²) in [6.07, 6.45) is 1.72. The molecule has 0 bridgehead atoms. The van der Waals surface area contributed by atoms with Crippen LogP contribution in [0.2, 0.25) is 0 Å². The molecule has 0 saturated carbocycles. The second-order valence-corrected chi connectivity index (χ2v) is 9.33. The van der Waals surface area contributed by atoms with Gasteiger partial charge in [0.05, 0.1) is 37.9 Å². The van der Waals surface area contributed by atoms with Gasteiger partial charge in [-0.15, -0.1) is 11.3 Å². The molecule has 4 heterocycles. The van der Waals surface area contributed by atoms with Gasteiger partial charge >= 0.3 is 0 Å². The van der Waals surface area contributed by atoms with Crippen LogP contribution in [0.15, 0.2) is 48.0 Å². The quantitative estimate of drug-likeness (QED) is 0.382. The van der Waals surface area contributed by atoms with Crippen LogP contribution in [0.1, 0.15) is 35.8 Å². The van der Waals surface area contributed by atoms with Crippen molar-refractivity contribution in [3.05, 3.63) is 59.1 Å². The van der Waals surface area contributed by atoms with Gasteiger partial charge in [0.1, 0.15) is 0 Å². The molecule has 0 aliphatic heterocycles. The van der Waals surface area contributed by atoms with E-state index in [1.54, 1.807) is 17.5 Å². The van der Waals surface area contributed by atoms with E-state index in [0.717, 1.165) is 31.7 Å². The zero-order valence-corrected chi connectivity index (χ0v) is 18.3. The third-order valence-electron chi connectivity index (χ3n) is 4.92. The summed E-state index contributed by atoms with van der Waals surface area (Å²) in [6.45, 7) is 6.12. The summed E-state index contributed by atoms with van der Waals surface area (Å²) in [5, 5.41) is 10.8. The van der Waals surface area contributed by atoms with Gasteiger partial charge < -0.3 is 0 Å². The van der Waals surface area contributed by atoms with Crippen molar-refractivity contribution < 1.29 is 4.79 Å². The van der Waals surface area contributed by atoms with Gasteiger partial charge in [-0.3, -0.25) is 10.1 Å². The van der Waals surface area contributed by atoms with E-state index < -0.39 is 0 Å². The summed E-state index contributed by atoms with van der Waals surface area (Å²) in [4.78, 5) is 23.7. The van der Waals surface area contributed by atoms with Crippen LogP contribution in [0.5, 0.6) is 0 Å². The lowest BCUT2D eigenvalue weighted by Gasteiger charge is -2.09. The maximum absolute atomic E-state index is 13.3. The Labute approximate surface area is 181 Å². The number of nitrogens with one attached hydrogen (secondary N) is 1. The molecule has 0 atom stereocenters. The predicted octanol–water partition coefficient (Wildman–Crippen LogP) is 5.91. The molecule has 150 valence electrons. The van der Waals surface area contributed by atoms with Gasteiger partial charge in [-0.25, -0.2) is 14.6 Å². The number of nitrogens with zero attached hydrogens (tertiary/aromatic N) is 4. The molecule has 6 nitrogen and oxygen atoms in total. The Balaban J connectivity index is 1.61. The highest BCUT2D eigenvalue weighted by atomic mass is 32.1. The average Bonchev–Trinajstić information content (AvgIpc) is 3.46. The predicted molar refractivity (Wildman–Crippen MR) is 124 cm³/mol. The molecule has 1 N–H and O–H groups in total. The van der Waals surface area contributed by atoms with Crippen LogP contribution in [0, 0.1) is 6.92 Å². The molecule has 1 aromatic carbocycles. The van der Waals surface area contributed by atoms with Crippen LogP contribution in [-0.2, 0) is 0 Å². The highest BCUT2D eigenvalue weighted by Gasteiger charge is 2.20. The first kappa shape index (κ1) is 18.9. The molecule has 0 spiro atoms. The second kappa shape index (κ2) is 7.30. The SMILES string of the molecule is Cc1cccc2sc(NC(=O)c3cc(-c4cccs4)nc4c3cnn4C(C)C)nc12. The smallest absolute Gasteiger partial charge is 0.258 e. The topological polar surface area (TPSA) is 72.7 Å². The molecule has 30 heavy (non-hydrogen) atoms. The fourth-order valence-electron chi connectivity index (χ4n) is 3.44. The Morgan fingerprint density at radius 2 is 2.03 bits per heavy atom. The maximum atomic E-state index is 13.3. The molecule has 0 saturated heterocycles. The number of benzene rings is 1. The third kappa shape index (κ3) is 3.18. The molecule has 5 rings (SSSR count). The molecule has 5 aromatic rings. The summed E-state index contributed by atoms with van der Waals surface area (Å²) in [5.74, 6) is -0.208. The van der Waals surface area contributed by atoms with Gasteiger partial charge in [-0.05, 0) is 49.9 Å². The normalized spacial score (nSPS) is 11.6. The number of fused-ring (bicyclic) bond motifs is 2. The highest BCUT2D eigenvalue weighted by Crippen LogP contribution is 2.31. The number of carbonyl (C=O) groups excluding carboxylic acids is 1. The number of anilines is 1.